The summed E-state index contributed by atoms with van der Waals surface area (Å²) >= 11 is 0. The van der Waals surface area contributed by atoms with E-state index in [0.29, 0.717) is 19.3 Å². The van der Waals surface area contributed by atoms with E-state index in [1.807, 2.05) is 6.92 Å². The summed E-state index contributed by atoms with van der Waals surface area (Å²) in [6.07, 6.45) is 6.82. The van der Waals surface area contributed by atoms with Gasteiger partial charge in [0.25, 0.3) is 0 Å². The van der Waals surface area contributed by atoms with Gasteiger partial charge in [-0.15, -0.1) is 0 Å². The molecule has 0 aromatic rings. The van der Waals surface area contributed by atoms with Crippen LogP contribution in [0.25, 0.3) is 0 Å². The lowest BCUT2D eigenvalue weighted by molar-refractivity contribution is -0.188. The number of hydrogen-bond donors (Lipinski definition) is 4. The molecule has 0 aliphatic heterocycles. The Kier molecular flexibility index (Phi) is 6.11. The van der Waals surface area contributed by atoms with E-state index in [0.717, 1.165) is 31.3 Å². The molecule has 4 N–H and O–H groups in total. The highest BCUT2D eigenvalue weighted by Gasteiger charge is 2.66. The molecule has 4 rings (SSSR count). The molecule has 3 unspecified atom stereocenters. The average Bonchev–Trinajstić information content (AvgIpc) is 3.07. The molecule has 5 heteroatoms. The van der Waals surface area contributed by atoms with Crippen molar-refractivity contribution in [2.75, 3.05) is 0 Å². The first-order chi connectivity index (χ1) is 14.6. The van der Waals surface area contributed by atoms with Crippen molar-refractivity contribution in [3.63, 3.8) is 0 Å². The second-order valence-corrected chi connectivity index (χ2v) is 11.7. The predicted molar refractivity (Wildman–Crippen MR) is 119 cm³/mol. The van der Waals surface area contributed by atoms with Crippen LogP contribution in [0.2, 0.25) is 0 Å². The van der Waals surface area contributed by atoms with Crippen molar-refractivity contribution in [1.29, 1.82) is 0 Å². The summed E-state index contributed by atoms with van der Waals surface area (Å²) in [5.41, 5.74) is 0.819. The number of aliphatic hydroxyl groups excluding tert-OH is 3. The van der Waals surface area contributed by atoms with Crippen LogP contribution >= 0.6 is 0 Å². The Morgan fingerprint density at radius 3 is 2.48 bits per heavy atom. The van der Waals surface area contributed by atoms with Crippen molar-refractivity contribution in [1.82, 2.24) is 0 Å². The highest BCUT2D eigenvalue weighted by atomic mass is 16.4. The fourth-order valence-electron chi connectivity index (χ4n) is 8.96. The Morgan fingerprint density at radius 2 is 1.84 bits per heavy atom. The minimum atomic E-state index is -0.755. The van der Waals surface area contributed by atoms with E-state index in [2.05, 4.69) is 26.8 Å². The van der Waals surface area contributed by atoms with E-state index < -0.39 is 18.2 Å². The maximum Gasteiger partial charge on any atom is 0.303 e. The van der Waals surface area contributed by atoms with Gasteiger partial charge in [-0.2, -0.15) is 0 Å². The zero-order valence-electron chi connectivity index (χ0n) is 19.6. The van der Waals surface area contributed by atoms with Crippen LogP contribution in [-0.2, 0) is 4.79 Å². The predicted octanol–water partition coefficient (Wildman–Crippen LogP) is 4.00. The average molecular weight is 435 g/mol. The van der Waals surface area contributed by atoms with Gasteiger partial charge in [0, 0.05) is 6.42 Å². The molecule has 5 nitrogen and oxygen atoms in total. The van der Waals surface area contributed by atoms with Crippen LogP contribution in [-0.4, -0.2) is 44.7 Å². The van der Waals surface area contributed by atoms with Gasteiger partial charge >= 0.3 is 5.97 Å². The molecule has 4 fully saturated rings. The van der Waals surface area contributed by atoms with E-state index >= 15 is 0 Å². The first-order valence-electron chi connectivity index (χ1n) is 12.5. The largest absolute Gasteiger partial charge is 0.481 e. The molecule has 0 aromatic carbocycles. The number of carboxylic acids is 1. The second kappa shape index (κ2) is 8.14. The van der Waals surface area contributed by atoms with Gasteiger partial charge in [0.1, 0.15) is 0 Å². The van der Waals surface area contributed by atoms with Crippen LogP contribution < -0.4 is 0 Å². The van der Waals surface area contributed by atoms with Gasteiger partial charge in [-0.05, 0) is 104 Å². The fraction of sp³-hybridized carbons (Fsp3) is 0.885. The van der Waals surface area contributed by atoms with Crippen LogP contribution in [0.5, 0.6) is 0 Å². The minimum Gasteiger partial charge on any atom is -0.481 e. The Labute approximate surface area is 186 Å². The number of fused-ring (bicyclic) bond motifs is 5. The Hall–Kier alpha value is -0.910. The molecule has 11 atom stereocenters. The third-order valence-corrected chi connectivity index (χ3v) is 10.6. The minimum absolute atomic E-state index is 0.000288. The lowest BCUT2D eigenvalue weighted by Gasteiger charge is -2.64. The SMILES string of the molecule is C/C=C1/C(O)[C@H]2C3CC[C@H]([C@H](C)CCC(=O)O)[C@@]3(C)[C@@H](O)CC2[C@@]2(C)CC[C@@H](O)C[C@@H]12. The molecule has 4 saturated carbocycles. The van der Waals surface area contributed by atoms with Crippen LogP contribution in [0.4, 0.5) is 0 Å². The molecule has 0 spiro atoms. The molecular weight excluding hydrogens is 392 g/mol. The van der Waals surface area contributed by atoms with Gasteiger partial charge in [-0.25, -0.2) is 0 Å². The van der Waals surface area contributed by atoms with E-state index in [1.54, 1.807) is 0 Å². The first kappa shape index (κ1) is 23.3. The highest BCUT2D eigenvalue weighted by molar-refractivity contribution is 5.66. The van der Waals surface area contributed by atoms with Gasteiger partial charge in [0.2, 0.25) is 0 Å². The Bertz CT molecular complexity index is 733. The molecule has 31 heavy (non-hydrogen) atoms. The number of carboxylic acid groups (broad SMARTS) is 1. The lowest BCUT2D eigenvalue weighted by atomic mass is 9.42. The van der Waals surface area contributed by atoms with Crippen LogP contribution in [0.1, 0.15) is 79.1 Å². The quantitative estimate of drug-likeness (QED) is 0.501. The summed E-state index contributed by atoms with van der Waals surface area (Å²) < 4.78 is 0. The second-order valence-electron chi connectivity index (χ2n) is 11.7. The number of hydrogen-bond acceptors (Lipinski definition) is 4. The van der Waals surface area contributed by atoms with E-state index in [4.69, 9.17) is 5.11 Å². The van der Waals surface area contributed by atoms with Gasteiger partial charge in [-0.1, -0.05) is 26.8 Å². The smallest absolute Gasteiger partial charge is 0.303 e. The third kappa shape index (κ3) is 3.41. The summed E-state index contributed by atoms with van der Waals surface area (Å²) in [6.45, 7) is 8.72. The van der Waals surface area contributed by atoms with Crippen LogP contribution in [0.3, 0.4) is 0 Å². The molecule has 0 aromatic heterocycles. The first-order valence-corrected chi connectivity index (χ1v) is 12.5. The van der Waals surface area contributed by atoms with Crippen molar-refractivity contribution >= 4 is 5.97 Å². The molecule has 0 amide bonds. The number of rotatable bonds is 4. The van der Waals surface area contributed by atoms with Gasteiger partial charge < -0.3 is 20.4 Å². The molecule has 0 bridgehead atoms. The summed E-state index contributed by atoms with van der Waals surface area (Å²) in [6, 6.07) is 0. The molecule has 0 radical (unpaired) electrons. The summed E-state index contributed by atoms with van der Waals surface area (Å²) in [5.74, 6) is 0.585. The molecule has 4 aliphatic rings. The van der Waals surface area contributed by atoms with Gasteiger partial charge in [0.05, 0.1) is 18.3 Å². The number of aliphatic hydroxyl groups is 3. The number of carbonyl (C=O) groups is 1. The summed E-state index contributed by atoms with van der Waals surface area (Å²) in [4.78, 5) is 11.1. The lowest BCUT2D eigenvalue weighted by Crippen LogP contribution is -2.63. The van der Waals surface area contributed by atoms with Crippen molar-refractivity contribution in [2.24, 2.45) is 46.3 Å². The molecule has 0 heterocycles. The highest BCUT2D eigenvalue weighted by Crippen LogP contribution is 2.69. The summed E-state index contributed by atoms with van der Waals surface area (Å²) in [7, 11) is 0. The van der Waals surface area contributed by atoms with Crippen molar-refractivity contribution in [3.8, 4) is 0 Å². The summed E-state index contributed by atoms with van der Waals surface area (Å²) in [5, 5.41) is 42.8. The number of aliphatic carboxylic acids is 1. The normalized spacial score (nSPS) is 51.6. The maximum atomic E-state index is 11.6. The Morgan fingerprint density at radius 1 is 1.13 bits per heavy atom. The standard InChI is InChI=1S/C26H42O5/c1-5-16-19-12-15(27)10-11-25(19,3)20-13-21(28)26(4)17(14(2)6-9-22(29)30)7-8-18(26)23(20)24(16)31/h5,14-15,17-21,23-24,27-28,31H,6-13H2,1-4H3,(H,29,30)/b16-5+/t14-,15-,17-,18?,19+,20?,21+,23+,24?,25+,26-/m1/s1. The zero-order chi connectivity index (χ0) is 22.7. The van der Waals surface area contributed by atoms with Gasteiger partial charge in [-0.3, -0.25) is 4.79 Å². The fourth-order valence-corrected chi connectivity index (χ4v) is 8.96. The van der Waals surface area contributed by atoms with E-state index in [9.17, 15) is 20.1 Å². The topological polar surface area (TPSA) is 98.0 Å². The number of allylic oxidation sites excluding steroid dienone is 1. The van der Waals surface area contributed by atoms with Crippen molar-refractivity contribution in [2.45, 2.75) is 97.4 Å². The Balaban J connectivity index is 1.68. The molecule has 4 aliphatic carbocycles. The van der Waals surface area contributed by atoms with Gasteiger partial charge in [0.15, 0.2) is 0 Å². The molecule has 176 valence electrons. The molecular formula is C26H42O5. The van der Waals surface area contributed by atoms with E-state index in [1.165, 1.54) is 0 Å². The third-order valence-electron chi connectivity index (χ3n) is 10.6. The zero-order valence-corrected chi connectivity index (χ0v) is 19.6. The molecule has 0 saturated heterocycles. The monoisotopic (exact) mass is 434 g/mol. The van der Waals surface area contributed by atoms with E-state index in [-0.39, 0.29) is 58.9 Å². The maximum absolute atomic E-state index is 11.6. The van der Waals surface area contributed by atoms with Crippen molar-refractivity contribution < 1.29 is 25.2 Å². The van der Waals surface area contributed by atoms with Crippen molar-refractivity contribution in [3.05, 3.63) is 11.6 Å². The van der Waals surface area contributed by atoms with Crippen LogP contribution in [0.15, 0.2) is 11.6 Å². The van der Waals surface area contributed by atoms with Crippen LogP contribution in [0, 0.1) is 46.3 Å².